The third-order valence-electron chi connectivity index (χ3n) is 2.34. The van der Waals surface area contributed by atoms with E-state index < -0.39 is 0 Å². The molecule has 2 aromatic rings. The van der Waals surface area contributed by atoms with E-state index in [4.69, 9.17) is 21.5 Å². The molecule has 0 amide bonds. The highest BCUT2D eigenvalue weighted by atomic mass is 16.5. The lowest BCUT2D eigenvalue weighted by Crippen LogP contribution is -1.95. The largest absolute Gasteiger partial charge is 0.508 e. The summed E-state index contributed by atoms with van der Waals surface area (Å²) < 4.78 is 5.51. The Bertz CT molecular complexity index is 633. The highest BCUT2D eigenvalue weighted by Crippen LogP contribution is 2.32. The van der Waals surface area contributed by atoms with E-state index in [1.54, 1.807) is 18.2 Å². The van der Waals surface area contributed by atoms with Crippen molar-refractivity contribution in [2.75, 3.05) is 11.5 Å². The molecule has 0 spiro atoms. The highest BCUT2D eigenvalue weighted by molar-refractivity contribution is 5.61. The van der Waals surface area contributed by atoms with Gasteiger partial charge in [0.25, 0.3) is 0 Å². The van der Waals surface area contributed by atoms with Gasteiger partial charge in [-0.05, 0) is 24.3 Å². The van der Waals surface area contributed by atoms with Crippen molar-refractivity contribution in [2.24, 2.45) is 0 Å². The standard InChI is InChI=1S/C13H11N3O2/c14-7-8-1-3-10(17)6-12(8)18-13-5-9(15)2-4-11(13)16/h1-6,17H,15-16H2. The van der Waals surface area contributed by atoms with Gasteiger partial charge in [0.05, 0.1) is 11.3 Å². The van der Waals surface area contributed by atoms with E-state index in [0.717, 1.165) is 0 Å². The van der Waals surface area contributed by atoms with Crippen molar-refractivity contribution in [1.29, 1.82) is 5.26 Å². The molecule has 0 atom stereocenters. The highest BCUT2D eigenvalue weighted by Gasteiger charge is 2.08. The summed E-state index contributed by atoms with van der Waals surface area (Å²) in [4.78, 5) is 0. The molecule has 0 aliphatic heterocycles. The minimum atomic E-state index is 0.00599. The summed E-state index contributed by atoms with van der Waals surface area (Å²) in [5.41, 5.74) is 12.6. The molecule has 0 heterocycles. The van der Waals surface area contributed by atoms with Crippen molar-refractivity contribution >= 4 is 11.4 Å². The number of nitrogen functional groups attached to an aromatic ring is 2. The van der Waals surface area contributed by atoms with Gasteiger partial charge < -0.3 is 21.3 Å². The molecule has 2 aromatic carbocycles. The second-order valence-corrected chi connectivity index (χ2v) is 3.69. The number of ether oxygens (including phenoxy) is 1. The second kappa shape index (κ2) is 4.55. The van der Waals surface area contributed by atoms with E-state index in [1.165, 1.54) is 18.2 Å². The third-order valence-corrected chi connectivity index (χ3v) is 2.34. The molecule has 0 bridgehead atoms. The van der Waals surface area contributed by atoms with Crippen LogP contribution in [0, 0.1) is 11.3 Å². The molecule has 2 rings (SSSR count). The zero-order valence-corrected chi connectivity index (χ0v) is 9.42. The minimum Gasteiger partial charge on any atom is -0.508 e. The molecule has 5 nitrogen and oxygen atoms in total. The van der Waals surface area contributed by atoms with Crippen LogP contribution in [0.3, 0.4) is 0 Å². The Morgan fingerprint density at radius 3 is 2.56 bits per heavy atom. The fraction of sp³-hybridized carbons (Fsp3) is 0. The lowest BCUT2D eigenvalue weighted by atomic mass is 10.2. The lowest BCUT2D eigenvalue weighted by Gasteiger charge is -2.10. The van der Waals surface area contributed by atoms with E-state index in [1.807, 2.05) is 6.07 Å². The summed E-state index contributed by atoms with van der Waals surface area (Å²) in [5, 5.41) is 18.3. The Morgan fingerprint density at radius 1 is 1.06 bits per heavy atom. The van der Waals surface area contributed by atoms with Crippen LogP contribution in [0.5, 0.6) is 17.2 Å². The maximum Gasteiger partial charge on any atom is 0.152 e. The summed E-state index contributed by atoms with van der Waals surface area (Å²) >= 11 is 0. The number of anilines is 2. The number of nitriles is 1. The number of phenols is 1. The predicted octanol–water partition coefficient (Wildman–Crippen LogP) is 2.22. The number of benzene rings is 2. The summed E-state index contributed by atoms with van der Waals surface area (Å²) in [6.07, 6.45) is 0. The number of aromatic hydroxyl groups is 1. The monoisotopic (exact) mass is 241 g/mol. The van der Waals surface area contributed by atoms with Crippen molar-refractivity contribution in [3.8, 4) is 23.3 Å². The molecule has 0 aromatic heterocycles. The maximum atomic E-state index is 9.39. The number of hydrogen-bond donors (Lipinski definition) is 3. The van der Waals surface area contributed by atoms with Gasteiger partial charge in [-0.15, -0.1) is 0 Å². The van der Waals surface area contributed by atoms with Gasteiger partial charge in [-0.2, -0.15) is 5.26 Å². The molecule has 0 radical (unpaired) electrons. The molecule has 0 aliphatic carbocycles. The zero-order valence-electron chi connectivity index (χ0n) is 9.42. The number of rotatable bonds is 2. The number of hydrogen-bond acceptors (Lipinski definition) is 5. The normalized spacial score (nSPS) is 9.72. The minimum absolute atomic E-state index is 0.00599. The van der Waals surface area contributed by atoms with E-state index in [9.17, 15) is 5.11 Å². The van der Waals surface area contributed by atoms with Crippen molar-refractivity contribution in [1.82, 2.24) is 0 Å². The molecular weight excluding hydrogens is 230 g/mol. The molecule has 0 saturated carbocycles. The first kappa shape index (κ1) is 11.6. The molecule has 0 saturated heterocycles. The average molecular weight is 241 g/mol. The second-order valence-electron chi connectivity index (χ2n) is 3.69. The molecule has 5 heteroatoms. The van der Waals surface area contributed by atoms with Crippen LogP contribution in [-0.4, -0.2) is 5.11 Å². The van der Waals surface area contributed by atoms with Gasteiger partial charge in [0.2, 0.25) is 0 Å². The van der Waals surface area contributed by atoms with Crippen LogP contribution < -0.4 is 16.2 Å². The Morgan fingerprint density at radius 2 is 1.83 bits per heavy atom. The van der Waals surface area contributed by atoms with Crippen LogP contribution in [0.1, 0.15) is 5.56 Å². The van der Waals surface area contributed by atoms with E-state index in [0.29, 0.717) is 22.7 Å². The first-order valence-corrected chi connectivity index (χ1v) is 5.16. The smallest absolute Gasteiger partial charge is 0.152 e. The first-order chi connectivity index (χ1) is 8.60. The lowest BCUT2D eigenvalue weighted by molar-refractivity contribution is 0.455. The molecule has 18 heavy (non-hydrogen) atoms. The quantitative estimate of drug-likeness (QED) is 0.699. The Labute approximate surface area is 104 Å². The summed E-state index contributed by atoms with van der Waals surface area (Å²) in [6, 6.07) is 11.0. The average Bonchev–Trinajstić information content (AvgIpc) is 2.34. The maximum absolute atomic E-state index is 9.39. The van der Waals surface area contributed by atoms with E-state index in [2.05, 4.69) is 0 Å². The third kappa shape index (κ3) is 2.28. The summed E-state index contributed by atoms with van der Waals surface area (Å²) in [7, 11) is 0. The van der Waals surface area contributed by atoms with Gasteiger partial charge in [-0.1, -0.05) is 0 Å². The van der Waals surface area contributed by atoms with Crippen molar-refractivity contribution in [3.63, 3.8) is 0 Å². The predicted molar refractivity (Wildman–Crippen MR) is 68.2 cm³/mol. The fourth-order valence-corrected chi connectivity index (χ4v) is 1.45. The molecule has 0 unspecified atom stereocenters. The summed E-state index contributed by atoms with van der Waals surface area (Å²) in [6.45, 7) is 0. The SMILES string of the molecule is N#Cc1ccc(O)cc1Oc1cc(N)ccc1N. The van der Waals surface area contributed by atoms with Gasteiger partial charge in [-0.25, -0.2) is 0 Å². The zero-order chi connectivity index (χ0) is 13.1. The Balaban J connectivity index is 2.43. The van der Waals surface area contributed by atoms with Crippen molar-refractivity contribution < 1.29 is 9.84 Å². The number of nitrogens with two attached hydrogens (primary N) is 2. The van der Waals surface area contributed by atoms with Gasteiger partial charge >= 0.3 is 0 Å². The first-order valence-electron chi connectivity index (χ1n) is 5.16. The van der Waals surface area contributed by atoms with Crippen molar-refractivity contribution in [3.05, 3.63) is 42.0 Å². The van der Waals surface area contributed by atoms with Crippen LogP contribution in [0.25, 0.3) is 0 Å². The topological polar surface area (TPSA) is 105 Å². The van der Waals surface area contributed by atoms with E-state index >= 15 is 0 Å². The molecule has 0 fully saturated rings. The molecule has 0 aliphatic rings. The van der Waals surface area contributed by atoms with Crippen molar-refractivity contribution in [2.45, 2.75) is 0 Å². The van der Waals surface area contributed by atoms with Crippen LogP contribution in [0.4, 0.5) is 11.4 Å². The van der Waals surface area contributed by atoms with Crippen LogP contribution in [0.2, 0.25) is 0 Å². The van der Waals surface area contributed by atoms with Gasteiger partial charge in [-0.3, -0.25) is 0 Å². The van der Waals surface area contributed by atoms with Gasteiger partial charge in [0, 0.05) is 17.8 Å². The Hall–Kier alpha value is -2.87. The van der Waals surface area contributed by atoms with Gasteiger partial charge in [0.1, 0.15) is 17.6 Å². The van der Waals surface area contributed by atoms with Crippen LogP contribution >= 0.6 is 0 Å². The molecular formula is C13H11N3O2. The fourth-order valence-electron chi connectivity index (χ4n) is 1.45. The number of phenolic OH excluding ortho intramolecular Hbond substituents is 1. The molecule has 90 valence electrons. The molecule has 5 N–H and O–H groups in total. The van der Waals surface area contributed by atoms with Gasteiger partial charge in [0.15, 0.2) is 5.75 Å². The summed E-state index contributed by atoms with van der Waals surface area (Å²) in [5.74, 6) is 0.582. The van der Waals surface area contributed by atoms with E-state index in [-0.39, 0.29) is 11.5 Å². The van der Waals surface area contributed by atoms with Crippen LogP contribution in [0.15, 0.2) is 36.4 Å². The van der Waals surface area contributed by atoms with Crippen LogP contribution in [-0.2, 0) is 0 Å². The number of nitrogens with zero attached hydrogens (tertiary/aromatic N) is 1. The Kier molecular flexibility index (Phi) is 2.94.